The van der Waals surface area contributed by atoms with E-state index in [4.69, 9.17) is 0 Å². The molecule has 2 aromatic rings. The Balaban J connectivity index is 1.52. The Bertz CT molecular complexity index is 982. The van der Waals surface area contributed by atoms with Crippen LogP contribution in [0.1, 0.15) is 42.0 Å². The second-order valence-corrected chi connectivity index (χ2v) is 7.94. The van der Waals surface area contributed by atoms with Gasteiger partial charge >= 0.3 is 0 Å². The molecule has 0 bridgehead atoms. The van der Waals surface area contributed by atoms with Gasteiger partial charge in [-0.1, -0.05) is 0 Å². The van der Waals surface area contributed by atoms with Gasteiger partial charge < -0.3 is 10.2 Å². The molecule has 2 amide bonds. The van der Waals surface area contributed by atoms with Gasteiger partial charge in [0.2, 0.25) is 5.91 Å². The quantitative estimate of drug-likeness (QED) is 0.831. The number of aryl methyl sites for hydroxylation is 1. The van der Waals surface area contributed by atoms with E-state index < -0.39 is 35.2 Å². The minimum absolute atomic E-state index is 0.116. The number of aromatic nitrogens is 2. The fourth-order valence-electron chi connectivity index (χ4n) is 4.42. The highest BCUT2D eigenvalue weighted by molar-refractivity contribution is 6.00. The molecule has 1 aliphatic heterocycles. The standard InChI is InChI=1S/C21H21F3N4O2/c1-12-25-6-3-17(26-12)19(29)27-18-11-21(4-2-16(18)24)5-7-28(20(21)30)15-9-13(22)8-14(23)10-15/h3,6,8-10,16,18H,2,4-5,7,11H2,1H3,(H,27,29). The Morgan fingerprint density at radius 1 is 1.23 bits per heavy atom. The number of nitrogens with one attached hydrogen (secondary N) is 1. The zero-order valence-electron chi connectivity index (χ0n) is 16.4. The van der Waals surface area contributed by atoms with Gasteiger partial charge in [-0.3, -0.25) is 9.59 Å². The summed E-state index contributed by atoms with van der Waals surface area (Å²) in [5.74, 6) is -1.94. The second kappa shape index (κ2) is 7.70. The molecule has 1 aromatic heterocycles. The van der Waals surface area contributed by atoms with Crippen molar-refractivity contribution in [3.05, 3.63) is 53.6 Å². The maximum absolute atomic E-state index is 14.6. The summed E-state index contributed by atoms with van der Waals surface area (Å²) in [6, 6.07) is 3.55. The van der Waals surface area contributed by atoms with E-state index in [-0.39, 0.29) is 36.7 Å². The van der Waals surface area contributed by atoms with E-state index in [1.165, 1.54) is 17.2 Å². The van der Waals surface area contributed by atoms with Crippen molar-refractivity contribution in [2.24, 2.45) is 5.41 Å². The van der Waals surface area contributed by atoms with Crippen LogP contribution in [0.5, 0.6) is 0 Å². The molecule has 4 rings (SSSR count). The number of amides is 2. The molecule has 1 aliphatic carbocycles. The number of hydrogen-bond donors (Lipinski definition) is 1. The molecule has 2 heterocycles. The number of nitrogens with zero attached hydrogens (tertiary/aromatic N) is 3. The molecule has 30 heavy (non-hydrogen) atoms. The van der Waals surface area contributed by atoms with Crippen molar-refractivity contribution >= 4 is 17.5 Å². The van der Waals surface area contributed by atoms with Crippen molar-refractivity contribution in [3.63, 3.8) is 0 Å². The van der Waals surface area contributed by atoms with Crippen molar-refractivity contribution in [3.8, 4) is 0 Å². The molecule has 9 heteroatoms. The van der Waals surface area contributed by atoms with Crippen molar-refractivity contribution < 1.29 is 22.8 Å². The topological polar surface area (TPSA) is 75.2 Å². The van der Waals surface area contributed by atoms with Crippen LogP contribution in [0.2, 0.25) is 0 Å². The number of halogens is 3. The van der Waals surface area contributed by atoms with Crippen LogP contribution >= 0.6 is 0 Å². The third kappa shape index (κ3) is 3.76. The molecule has 6 nitrogen and oxygen atoms in total. The first kappa shape index (κ1) is 20.3. The largest absolute Gasteiger partial charge is 0.345 e. The van der Waals surface area contributed by atoms with Crippen LogP contribution in [0, 0.1) is 24.0 Å². The monoisotopic (exact) mass is 418 g/mol. The molecule has 1 aromatic carbocycles. The van der Waals surface area contributed by atoms with Crippen LogP contribution in [0.15, 0.2) is 30.5 Å². The molecule has 1 saturated carbocycles. The van der Waals surface area contributed by atoms with Crippen molar-refractivity contribution in [2.75, 3.05) is 11.4 Å². The summed E-state index contributed by atoms with van der Waals surface area (Å²) >= 11 is 0. The predicted molar refractivity (Wildman–Crippen MR) is 103 cm³/mol. The Morgan fingerprint density at radius 2 is 1.97 bits per heavy atom. The molecular formula is C21H21F3N4O2. The lowest BCUT2D eigenvalue weighted by Crippen LogP contribution is -2.51. The van der Waals surface area contributed by atoms with Gasteiger partial charge in [0, 0.05) is 24.5 Å². The molecule has 0 radical (unpaired) electrons. The number of carbonyl (C=O) groups excluding carboxylic acids is 2. The highest BCUT2D eigenvalue weighted by atomic mass is 19.1. The number of hydrogen-bond acceptors (Lipinski definition) is 4. The molecule has 2 aliphatic rings. The second-order valence-electron chi connectivity index (χ2n) is 7.94. The lowest BCUT2D eigenvalue weighted by atomic mass is 9.70. The maximum atomic E-state index is 14.6. The summed E-state index contributed by atoms with van der Waals surface area (Å²) in [6.45, 7) is 1.93. The first-order chi connectivity index (χ1) is 14.3. The van der Waals surface area contributed by atoms with Crippen LogP contribution in [-0.2, 0) is 4.79 Å². The summed E-state index contributed by atoms with van der Waals surface area (Å²) in [6.07, 6.45) is 1.14. The van der Waals surface area contributed by atoms with E-state index in [1.54, 1.807) is 6.92 Å². The molecule has 2 fully saturated rings. The summed E-state index contributed by atoms with van der Waals surface area (Å²) in [4.78, 5) is 35.0. The van der Waals surface area contributed by atoms with Gasteiger partial charge in [-0.05, 0) is 50.8 Å². The van der Waals surface area contributed by atoms with E-state index in [9.17, 15) is 22.8 Å². The smallest absolute Gasteiger partial charge is 0.270 e. The summed E-state index contributed by atoms with van der Waals surface area (Å²) < 4.78 is 41.8. The fourth-order valence-corrected chi connectivity index (χ4v) is 4.42. The fraction of sp³-hybridized carbons (Fsp3) is 0.429. The van der Waals surface area contributed by atoms with Crippen LogP contribution in [-0.4, -0.2) is 40.5 Å². The van der Waals surface area contributed by atoms with Gasteiger partial charge in [-0.25, -0.2) is 23.1 Å². The van der Waals surface area contributed by atoms with Gasteiger partial charge in [-0.15, -0.1) is 0 Å². The summed E-state index contributed by atoms with van der Waals surface area (Å²) in [5.41, 5.74) is -0.594. The molecule has 3 unspecified atom stereocenters. The molecule has 158 valence electrons. The van der Waals surface area contributed by atoms with Crippen LogP contribution in [0.4, 0.5) is 18.9 Å². The molecule has 3 atom stereocenters. The third-order valence-corrected chi connectivity index (χ3v) is 5.94. The van der Waals surface area contributed by atoms with Gasteiger partial charge in [0.25, 0.3) is 5.91 Å². The molecule has 1 spiro atoms. The first-order valence-electron chi connectivity index (χ1n) is 9.80. The van der Waals surface area contributed by atoms with E-state index in [1.807, 2.05) is 0 Å². The number of benzene rings is 1. The van der Waals surface area contributed by atoms with Gasteiger partial charge in [0.1, 0.15) is 29.3 Å². The zero-order chi connectivity index (χ0) is 21.5. The minimum Gasteiger partial charge on any atom is -0.345 e. The number of rotatable bonds is 3. The van der Waals surface area contributed by atoms with Crippen molar-refractivity contribution in [2.45, 2.75) is 44.8 Å². The third-order valence-electron chi connectivity index (χ3n) is 5.94. The predicted octanol–water partition coefficient (Wildman–Crippen LogP) is 3.11. The normalized spacial score (nSPS) is 26.3. The van der Waals surface area contributed by atoms with Crippen molar-refractivity contribution in [1.82, 2.24) is 15.3 Å². The lowest BCUT2D eigenvalue weighted by molar-refractivity contribution is -0.128. The average molecular weight is 418 g/mol. The minimum atomic E-state index is -1.30. The Kier molecular flexibility index (Phi) is 5.21. The van der Waals surface area contributed by atoms with Gasteiger partial charge in [0.15, 0.2) is 0 Å². The Hall–Kier alpha value is -2.97. The SMILES string of the molecule is Cc1nccc(C(=O)NC2CC3(CCC2F)CCN(c2cc(F)cc(F)c2)C3=O)n1. The van der Waals surface area contributed by atoms with Crippen LogP contribution < -0.4 is 10.2 Å². The Morgan fingerprint density at radius 3 is 2.67 bits per heavy atom. The number of carbonyl (C=O) groups is 2. The number of alkyl halides is 1. The lowest BCUT2D eigenvalue weighted by Gasteiger charge is -2.38. The van der Waals surface area contributed by atoms with E-state index in [0.29, 0.717) is 18.7 Å². The van der Waals surface area contributed by atoms with Crippen LogP contribution in [0.3, 0.4) is 0 Å². The summed E-state index contributed by atoms with van der Waals surface area (Å²) in [7, 11) is 0. The van der Waals surface area contributed by atoms with Crippen molar-refractivity contribution in [1.29, 1.82) is 0 Å². The van der Waals surface area contributed by atoms with Gasteiger partial charge in [0.05, 0.1) is 11.5 Å². The maximum Gasteiger partial charge on any atom is 0.270 e. The van der Waals surface area contributed by atoms with Crippen LogP contribution in [0.25, 0.3) is 0 Å². The molecule has 1 N–H and O–H groups in total. The first-order valence-corrected chi connectivity index (χ1v) is 9.80. The summed E-state index contributed by atoms with van der Waals surface area (Å²) in [5, 5.41) is 2.66. The number of anilines is 1. The average Bonchev–Trinajstić information content (AvgIpc) is 3.00. The van der Waals surface area contributed by atoms with E-state index in [2.05, 4.69) is 15.3 Å². The Labute approximate surface area is 171 Å². The highest BCUT2D eigenvalue weighted by Crippen LogP contribution is 2.46. The zero-order valence-corrected chi connectivity index (χ0v) is 16.4. The highest BCUT2D eigenvalue weighted by Gasteiger charge is 2.52. The van der Waals surface area contributed by atoms with E-state index in [0.717, 1.165) is 18.2 Å². The van der Waals surface area contributed by atoms with Gasteiger partial charge in [-0.2, -0.15) is 0 Å². The molecule has 1 saturated heterocycles. The molecular weight excluding hydrogens is 397 g/mol. The van der Waals surface area contributed by atoms with E-state index >= 15 is 0 Å².